The van der Waals surface area contributed by atoms with Gasteiger partial charge in [-0.15, -0.1) is 0 Å². The molecule has 0 radical (unpaired) electrons. The first kappa shape index (κ1) is 16.5. The molecule has 0 bridgehead atoms. The summed E-state index contributed by atoms with van der Waals surface area (Å²) in [7, 11) is 4.52. The van der Waals surface area contributed by atoms with E-state index in [0.29, 0.717) is 12.1 Å². The van der Waals surface area contributed by atoms with E-state index >= 15 is 0 Å². The van der Waals surface area contributed by atoms with Gasteiger partial charge in [0.05, 0.1) is 0 Å². The highest BCUT2D eigenvalue weighted by atomic mass is 15.2. The number of benzene rings is 1. The summed E-state index contributed by atoms with van der Waals surface area (Å²) in [6, 6.07) is 10.0. The third-order valence-electron chi connectivity index (χ3n) is 4.64. The Morgan fingerprint density at radius 3 is 2.76 bits per heavy atom. The standard InChI is InChI=1S/C18H31N3/c1-5-15-9-7-10-16(13-15)18(19-6-2)17-14-20(3)11-8-12-21(17)4/h7,9-10,13,17-19H,5-6,8,11-12,14H2,1-4H3. The van der Waals surface area contributed by atoms with E-state index in [4.69, 9.17) is 0 Å². The van der Waals surface area contributed by atoms with Gasteiger partial charge in [-0.05, 0) is 57.7 Å². The van der Waals surface area contributed by atoms with Gasteiger partial charge in [0.25, 0.3) is 0 Å². The summed E-state index contributed by atoms with van der Waals surface area (Å²) in [5, 5.41) is 3.73. The molecule has 1 fully saturated rings. The van der Waals surface area contributed by atoms with Crippen molar-refractivity contribution in [3.05, 3.63) is 35.4 Å². The molecule has 0 aromatic heterocycles. The van der Waals surface area contributed by atoms with Gasteiger partial charge < -0.3 is 15.1 Å². The quantitative estimate of drug-likeness (QED) is 0.898. The number of hydrogen-bond donors (Lipinski definition) is 1. The van der Waals surface area contributed by atoms with Crippen molar-refractivity contribution in [2.75, 3.05) is 40.3 Å². The second kappa shape index (κ2) is 7.92. The maximum absolute atomic E-state index is 3.73. The van der Waals surface area contributed by atoms with Gasteiger partial charge in [0.2, 0.25) is 0 Å². The van der Waals surface area contributed by atoms with Crippen LogP contribution >= 0.6 is 0 Å². The molecule has 2 unspecified atom stereocenters. The van der Waals surface area contributed by atoms with Crippen molar-refractivity contribution in [1.29, 1.82) is 0 Å². The van der Waals surface area contributed by atoms with E-state index < -0.39 is 0 Å². The zero-order valence-electron chi connectivity index (χ0n) is 14.1. The topological polar surface area (TPSA) is 18.5 Å². The summed E-state index contributed by atoms with van der Waals surface area (Å²) in [5.74, 6) is 0. The van der Waals surface area contributed by atoms with Gasteiger partial charge in [0, 0.05) is 18.6 Å². The van der Waals surface area contributed by atoms with Crippen LogP contribution in [0.25, 0.3) is 0 Å². The minimum atomic E-state index is 0.409. The Kier molecular flexibility index (Phi) is 6.22. The largest absolute Gasteiger partial charge is 0.309 e. The van der Waals surface area contributed by atoms with E-state index in [1.54, 1.807) is 0 Å². The molecule has 0 aliphatic carbocycles. The van der Waals surface area contributed by atoms with Crippen molar-refractivity contribution in [2.45, 2.75) is 38.8 Å². The Hall–Kier alpha value is -0.900. The molecule has 3 heteroatoms. The fraction of sp³-hybridized carbons (Fsp3) is 0.667. The van der Waals surface area contributed by atoms with E-state index in [-0.39, 0.29) is 0 Å². The average Bonchev–Trinajstić information content (AvgIpc) is 2.66. The lowest BCUT2D eigenvalue weighted by Crippen LogP contribution is -2.47. The molecule has 0 spiro atoms. The highest BCUT2D eigenvalue weighted by Gasteiger charge is 2.29. The molecular formula is C18H31N3. The third-order valence-corrected chi connectivity index (χ3v) is 4.64. The summed E-state index contributed by atoms with van der Waals surface area (Å²) >= 11 is 0. The molecule has 1 aliphatic rings. The van der Waals surface area contributed by atoms with Gasteiger partial charge in [0.1, 0.15) is 0 Å². The smallest absolute Gasteiger partial charge is 0.0490 e. The van der Waals surface area contributed by atoms with Gasteiger partial charge in [-0.3, -0.25) is 0 Å². The number of rotatable bonds is 5. The highest BCUT2D eigenvalue weighted by molar-refractivity contribution is 5.27. The van der Waals surface area contributed by atoms with Crippen LogP contribution in [0.1, 0.15) is 37.4 Å². The van der Waals surface area contributed by atoms with Gasteiger partial charge >= 0.3 is 0 Å². The fourth-order valence-corrected chi connectivity index (χ4v) is 3.37. The Morgan fingerprint density at radius 2 is 2.05 bits per heavy atom. The minimum Gasteiger partial charge on any atom is -0.309 e. The maximum atomic E-state index is 3.73. The molecule has 1 aromatic rings. The van der Waals surface area contributed by atoms with E-state index in [1.807, 2.05) is 0 Å². The average molecular weight is 289 g/mol. The molecule has 118 valence electrons. The highest BCUT2D eigenvalue weighted by Crippen LogP contribution is 2.24. The molecule has 1 aliphatic heterocycles. The van der Waals surface area contributed by atoms with Crippen LogP contribution in [0.2, 0.25) is 0 Å². The van der Waals surface area contributed by atoms with Gasteiger partial charge in [-0.25, -0.2) is 0 Å². The van der Waals surface area contributed by atoms with Crippen molar-refractivity contribution in [3.8, 4) is 0 Å². The van der Waals surface area contributed by atoms with Crippen LogP contribution in [0.3, 0.4) is 0 Å². The van der Waals surface area contributed by atoms with Crippen molar-refractivity contribution < 1.29 is 0 Å². The molecule has 2 rings (SSSR count). The van der Waals surface area contributed by atoms with Crippen molar-refractivity contribution in [3.63, 3.8) is 0 Å². The first-order chi connectivity index (χ1) is 10.2. The van der Waals surface area contributed by atoms with Crippen LogP contribution in [0.15, 0.2) is 24.3 Å². The Labute approximate surface area is 130 Å². The molecule has 2 atom stereocenters. The molecule has 1 saturated heterocycles. The zero-order valence-corrected chi connectivity index (χ0v) is 14.1. The van der Waals surface area contributed by atoms with Crippen molar-refractivity contribution in [2.24, 2.45) is 0 Å². The number of likely N-dealkylation sites (N-methyl/N-ethyl adjacent to an activating group) is 3. The van der Waals surface area contributed by atoms with E-state index in [9.17, 15) is 0 Å². The van der Waals surface area contributed by atoms with Crippen molar-refractivity contribution in [1.82, 2.24) is 15.1 Å². The SMILES string of the molecule is CCNC(c1cccc(CC)c1)C1CN(C)CCCN1C. The van der Waals surface area contributed by atoms with Crippen LogP contribution in [0.5, 0.6) is 0 Å². The fourth-order valence-electron chi connectivity index (χ4n) is 3.37. The van der Waals surface area contributed by atoms with Crippen LogP contribution in [-0.2, 0) is 6.42 Å². The van der Waals surface area contributed by atoms with E-state index in [0.717, 1.165) is 19.5 Å². The molecule has 21 heavy (non-hydrogen) atoms. The normalized spacial score (nSPS) is 23.0. The lowest BCUT2D eigenvalue weighted by Gasteiger charge is -2.35. The second-order valence-electron chi connectivity index (χ2n) is 6.30. The molecule has 1 aromatic carbocycles. The first-order valence-electron chi connectivity index (χ1n) is 8.36. The number of nitrogens with one attached hydrogen (secondary N) is 1. The molecule has 3 nitrogen and oxygen atoms in total. The number of nitrogens with zero attached hydrogens (tertiary/aromatic N) is 2. The predicted molar refractivity (Wildman–Crippen MR) is 90.8 cm³/mol. The third kappa shape index (κ3) is 4.29. The van der Waals surface area contributed by atoms with Crippen LogP contribution in [-0.4, -0.2) is 56.1 Å². The molecule has 1 N–H and O–H groups in total. The van der Waals surface area contributed by atoms with Crippen LogP contribution < -0.4 is 5.32 Å². The van der Waals surface area contributed by atoms with Crippen LogP contribution in [0.4, 0.5) is 0 Å². The van der Waals surface area contributed by atoms with Gasteiger partial charge in [-0.1, -0.05) is 38.1 Å². The van der Waals surface area contributed by atoms with Crippen molar-refractivity contribution >= 4 is 0 Å². The Balaban J connectivity index is 2.27. The summed E-state index contributed by atoms with van der Waals surface area (Å²) < 4.78 is 0. The number of hydrogen-bond acceptors (Lipinski definition) is 3. The molecule has 0 saturated carbocycles. The molecule has 0 amide bonds. The lowest BCUT2D eigenvalue weighted by atomic mass is 9.95. The summed E-state index contributed by atoms with van der Waals surface area (Å²) in [6.07, 6.45) is 2.37. The summed E-state index contributed by atoms with van der Waals surface area (Å²) in [4.78, 5) is 5.01. The zero-order chi connectivity index (χ0) is 15.2. The monoisotopic (exact) mass is 289 g/mol. The Morgan fingerprint density at radius 1 is 1.24 bits per heavy atom. The second-order valence-corrected chi connectivity index (χ2v) is 6.30. The molecule has 1 heterocycles. The van der Waals surface area contributed by atoms with Gasteiger partial charge in [0.15, 0.2) is 0 Å². The summed E-state index contributed by atoms with van der Waals surface area (Å²) in [5.41, 5.74) is 2.86. The van der Waals surface area contributed by atoms with Crippen LogP contribution in [0, 0.1) is 0 Å². The minimum absolute atomic E-state index is 0.409. The predicted octanol–water partition coefficient (Wildman–Crippen LogP) is 2.54. The summed E-state index contributed by atoms with van der Waals surface area (Å²) in [6.45, 7) is 8.96. The number of aryl methyl sites for hydroxylation is 1. The van der Waals surface area contributed by atoms with E-state index in [2.05, 4.69) is 67.3 Å². The van der Waals surface area contributed by atoms with E-state index in [1.165, 1.54) is 30.6 Å². The maximum Gasteiger partial charge on any atom is 0.0490 e. The first-order valence-corrected chi connectivity index (χ1v) is 8.36. The Bertz CT molecular complexity index is 432. The van der Waals surface area contributed by atoms with Gasteiger partial charge in [-0.2, -0.15) is 0 Å². The molecular weight excluding hydrogens is 258 g/mol. The lowest BCUT2D eigenvalue weighted by molar-refractivity contribution is 0.179.